The first kappa shape index (κ1) is 22.2. The molecule has 3 aromatic rings. The Morgan fingerprint density at radius 1 is 1.09 bits per heavy atom. The van der Waals surface area contributed by atoms with Crippen LogP contribution in [0.1, 0.15) is 35.8 Å². The summed E-state index contributed by atoms with van der Waals surface area (Å²) in [5.74, 6) is 2.23. The number of carbonyl (C=O) groups excluding carboxylic acids is 1. The quantitative estimate of drug-likeness (QED) is 0.564. The highest BCUT2D eigenvalue weighted by Gasteiger charge is 2.25. The predicted molar refractivity (Wildman–Crippen MR) is 127 cm³/mol. The summed E-state index contributed by atoms with van der Waals surface area (Å²) in [5.41, 5.74) is 2.89. The average Bonchev–Trinajstić information content (AvgIpc) is 3.26. The van der Waals surface area contributed by atoms with Crippen molar-refractivity contribution in [2.45, 2.75) is 26.3 Å². The molecule has 1 aromatic heterocycles. The number of likely N-dealkylation sites (tertiary alicyclic amines) is 1. The van der Waals surface area contributed by atoms with Crippen molar-refractivity contribution in [3.8, 4) is 11.5 Å². The lowest BCUT2D eigenvalue weighted by Gasteiger charge is -2.35. The van der Waals surface area contributed by atoms with Crippen LogP contribution in [0.5, 0.6) is 11.5 Å². The number of hydrogen-bond acceptors (Lipinski definition) is 4. The van der Waals surface area contributed by atoms with Crippen LogP contribution in [0.2, 0.25) is 0 Å². The van der Waals surface area contributed by atoms with Gasteiger partial charge < -0.3 is 19.4 Å². The Morgan fingerprint density at radius 2 is 1.84 bits per heavy atom. The highest BCUT2D eigenvalue weighted by atomic mass is 16.5. The van der Waals surface area contributed by atoms with Gasteiger partial charge in [-0.1, -0.05) is 12.1 Å². The topological polar surface area (TPSA) is 57.8 Å². The molecule has 170 valence electrons. The fourth-order valence-corrected chi connectivity index (χ4v) is 4.62. The summed E-state index contributed by atoms with van der Waals surface area (Å²) in [6.07, 6.45) is 2.32. The van der Waals surface area contributed by atoms with E-state index in [0.29, 0.717) is 18.2 Å². The predicted octanol–water partition coefficient (Wildman–Crippen LogP) is 4.56. The minimum absolute atomic E-state index is 0.0648. The molecule has 0 aliphatic carbocycles. The van der Waals surface area contributed by atoms with Crippen molar-refractivity contribution in [2.75, 3.05) is 40.4 Å². The molecule has 2 heterocycles. The van der Waals surface area contributed by atoms with Crippen molar-refractivity contribution >= 4 is 16.8 Å². The van der Waals surface area contributed by atoms with Crippen molar-refractivity contribution < 1.29 is 14.3 Å². The van der Waals surface area contributed by atoms with Crippen molar-refractivity contribution in [2.24, 2.45) is 5.92 Å². The minimum atomic E-state index is 0.0648. The Labute approximate surface area is 190 Å². The summed E-state index contributed by atoms with van der Waals surface area (Å²) in [7, 11) is 3.35. The van der Waals surface area contributed by atoms with Gasteiger partial charge in [0.2, 0.25) is 0 Å². The molecule has 0 spiro atoms. The number of H-pyrrole nitrogens is 1. The number of nitrogens with one attached hydrogen (secondary N) is 1. The highest BCUT2D eigenvalue weighted by Crippen LogP contribution is 2.24. The summed E-state index contributed by atoms with van der Waals surface area (Å²) < 4.78 is 10.6. The maximum atomic E-state index is 13.2. The summed E-state index contributed by atoms with van der Waals surface area (Å²) in [4.78, 5) is 21.0. The second-order valence-corrected chi connectivity index (χ2v) is 8.57. The van der Waals surface area contributed by atoms with E-state index >= 15 is 0 Å². The molecule has 1 atom stereocenters. The third-order valence-corrected chi connectivity index (χ3v) is 6.37. The van der Waals surface area contributed by atoms with E-state index in [2.05, 4.69) is 28.9 Å². The Kier molecular flexibility index (Phi) is 7.00. The Morgan fingerprint density at radius 3 is 2.56 bits per heavy atom. The third-order valence-electron chi connectivity index (χ3n) is 6.37. The molecule has 1 fully saturated rings. The first-order valence-electron chi connectivity index (χ1n) is 11.4. The van der Waals surface area contributed by atoms with Gasteiger partial charge in [0.1, 0.15) is 17.2 Å². The van der Waals surface area contributed by atoms with Crippen LogP contribution in [-0.4, -0.2) is 61.1 Å². The minimum Gasteiger partial charge on any atom is -0.497 e. The lowest BCUT2D eigenvalue weighted by Crippen LogP contribution is -2.42. The Balaban J connectivity index is 1.39. The van der Waals surface area contributed by atoms with E-state index in [9.17, 15) is 4.79 Å². The van der Waals surface area contributed by atoms with Gasteiger partial charge >= 0.3 is 0 Å². The number of ether oxygens (including phenoxy) is 2. The number of piperidine rings is 1. The second-order valence-electron chi connectivity index (χ2n) is 8.57. The molecule has 6 nitrogen and oxygen atoms in total. The van der Waals surface area contributed by atoms with Gasteiger partial charge in [-0.3, -0.25) is 9.69 Å². The van der Waals surface area contributed by atoms with Crippen LogP contribution in [0, 0.1) is 5.92 Å². The van der Waals surface area contributed by atoms with Crippen LogP contribution >= 0.6 is 0 Å². The molecule has 0 bridgehead atoms. The van der Waals surface area contributed by atoms with E-state index in [0.717, 1.165) is 55.0 Å². The molecule has 0 saturated carbocycles. The van der Waals surface area contributed by atoms with Crippen molar-refractivity contribution in [3.05, 3.63) is 59.8 Å². The smallest absolute Gasteiger partial charge is 0.270 e. The van der Waals surface area contributed by atoms with E-state index in [-0.39, 0.29) is 5.91 Å². The molecule has 32 heavy (non-hydrogen) atoms. The summed E-state index contributed by atoms with van der Waals surface area (Å²) in [5, 5.41) is 0.993. The van der Waals surface area contributed by atoms with Gasteiger partial charge in [-0.15, -0.1) is 0 Å². The molecule has 1 aliphatic heterocycles. The van der Waals surface area contributed by atoms with Crippen molar-refractivity contribution in [3.63, 3.8) is 0 Å². The van der Waals surface area contributed by atoms with Gasteiger partial charge in [0.25, 0.3) is 5.91 Å². The number of carbonyl (C=O) groups is 1. The SMILES string of the molecule is CCN(CC1CCCN(Cc2ccc(OC)cc2)C1)C(=O)c1cc2cc(OC)ccc2[nH]1. The van der Waals surface area contributed by atoms with Crippen LogP contribution in [-0.2, 0) is 6.54 Å². The number of fused-ring (bicyclic) bond motifs is 1. The summed E-state index contributed by atoms with van der Waals surface area (Å²) >= 11 is 0. The summed E-state index contributed by atoms with van der Waals surface area (Å²) in [6, 6.07) is 16.1. The van der Waals surface area contributed by atoms with Crippen LogP contribution in [0.4, 0.5) is 0 Å². The van der Waals surface area contributed by atoms with Gasteiger partial charge in [0.05, 0.1) is 14.2 Å². The number of methoxy groups -OCH3 is 2. The summed E-state index contributed by atoms with van der Waals surface area (Å²) in [6.45, 7) is 6.59. The number of aromatic amines is 1. The molecule has 1 amide bonds. The zero-order valence-electron chi connectivity index (χ0n) is 19.3. The first-order valence-corrected chi connectivity index (χ1v) is 11.4. The van der Waals surface area contributed by atoms with Gasteiger partial charge in [-0.25, -0.2) is 0 Å². The van der Waals surface area contributed by atoms with Crippen molar-refractivity contribution in [1.29, 1.82) is 0 Å². The molecule has 4 rings (SSSR count). The highest BCUT2D eigenvalue weighted by molar-refractivity contribution is 5.98. The molecular formula is C26H33N3O3. The zero-order chi connectivity index (χ0) is 22.5. The van der Waals surface area contributed by atoms with E-state index in [1.165, 1.54) is 12.0 Å². The largest absolute Gasteiger partial charge is 0.497 e. The molecule has 1 aliphatic rings. The lowest BCUT2D eigenvalue weighted by molar-refractivity contribution is 0.0680. The molecular weight excluding hydrogens is 402 g/mol. The number of nitrogens with zero attached hydrogens (tertiary/aromatic N) is 2. The molecule has 2 aromatic carbocycles. The Hall–Kier alpha value is -2.99. The van der Waals surface area contributed by atoms with Crippen molar-refractivity contribution in [1.82, 2.24) is 14.8 Å². The number of aromatic nitrogens is 1. The lowest BCUT2D eigenvalue weighted by atomic mass is 9.96. The molecule has 0 radical (unpaired) electrons. The van der Waals surface area contributed by atoms with Crippen LogP contribution < -0.4 is 9.47 Å². The number of rotatable bonds is 8. The zero-order valence-corrected chi connectivity index (χ0v) is 19.3. The fraction of sp³-hybridized carbons (Fsp3) is 0.423. The number of benzene rings is 2. The molecule has 6 heteroatoms. The Bertz CT molecular complexity index is 1040. The van der Waals surface area contributed by atoms with Gasteiger partial charge in [0, 0.05) is 37.1 Å². The van der Waals surface area contributed by atoms with Gasteiger partial charge in [-0.05, 0) is 74.2 Å². The second kappa shape index (κ2) is 10.1. The number of hydrogen-bond donors (Lipinski definition) is 1. The van der Waals surface area contributed by atoms with E-state index < -0.39 is 0 Å². The fourth-order valence-electron chi connectivity index (χ4n) is 4.62. The third kappa shape index (κ3) is 5.07. The van der Waals surface area contributed by atoms with Gasteiger partial charge in [0.15, 0.2) is 0 Å². The van der Waals surface area contributed by atoms with Gasteiger partial charge in [-0.2, -0.15) is 0 Å². The average molecular weight is 436 g/mol. The van der Waals surface area contributed by atoms with E-state index in [1.807, 2.05) is 41.3 Å². The van der Waals surface area contributed by atoms with E-state index in [4.69, 9.17) is 9.47 Å². The number of amides is 1. The normalized spacial score (nSPS) is 16.8. The monoisotopic (exact) mass is 435 g/mol. The molecule has 1 N–H and O–H groups in total. The van der Waals surface area contributed by atoms with Crippen LogP contribution in [0.15, 0.2) is 48.5 Å². The van der Waals surface area contributed by atoms with Crippen LogP contribution in [0.3, 0.4) is 0 Å². The standard InChI is InChI=1S/C26H33N3O3/c1-4-29(26(30)25-15-21-14-23(32-3)11-12-24(21)27-25)18-20-6-5-13-28(17-20)16-19-7-9-22(31-2)10-8-19/h7-12,14-15,20,27H,4-6,13,16-18H2,1-3H3. The molecule has 1 unspecified atom stereocenters. The van der Waals surface area contributed by atoms with Crippen LogP contribution in [0.25, 0.3) is 10.9 Å². The molecule has 1 saturated heterocycles. The maximum absolute atomic E-state index is 13.2. The maximum Gasteiger partial charge on any atom is 0.270 e. The first-order chi connectivity index (χ1) is 15.6. The van der Waals surface area contributed by atoms with E-state index in [1.54, 1.807) is 14.2 Å².